The Bertz CT molecular complexity index is 494. The van der Waals surface area contributed by atoms with Gasteiger partial charge in [-0.25, -0.2) is 0 Å². The maximum absolute atomic E-state index is 12.8. The van der Waals surface area contributed by atoms with E-state index in [4.69, 9.17) is 10.8 Å². The summed E-state index contributed by atoms with van der Waals surface area (Å²) in [5.74, 6) is 0.730. The Morgan fingerprint density at radius 1 is 1.35 bits per heavy atom. The van der Waals surface area contributed by atoms with Crippen LogP contribution in [-0.4, -0.2) is 35.6 Å². The van der Waals surface area contributed by atoms with Gasteiger partial charge in [0.05, 0.1) is 5.41 Å². The summed E-state index contributed by atoms with van der Waals surface area (Å²) in [5, 5.41) is 9.01. The van der Waals surface area contributed by atoms with Crippen LogP contribution in [0.15, 0.2) is 24.3 Å². The second kappa shape index (κ2) is 5.09. The number of anilines is 1. The Balaban J connectivity index is 1.72. The highest BCUT2D eigenvalue weighted by Crippen LogP contribution is 2.50. The van der Waals surface area contributed by atoms with Gasteiger partial charge in [-0.2, -0.15) is 0 Å². The molecule has 1 saturated heterocycles. The Kier molecular flexibility index (Phi) is 3.42. The summed E-state index contributed by atoms with van der Waals surface area (Å²) in [6, 6.07) is 7.73. The van der Waals surface area contributed by atoms with Crippen LogP contribution >= 0.6 is 0 Å². The Labute approximate surface area is 119 Å². The van der Waals surface area contributed by atoms with Crippen LogP contribution in [0.25, 0.3) is 0 Å². The molecule has 1 heterocycles. The molecule has 3 rings (SSSR count). The van der Waals surface area contributed by atoms with Crippen molar-refractivity contribution in [3.8, 4) is 0 Å². The number of amides is 1. The monoisotopic (exact) mass is 274 g/mol. The van der Waals surface area contributed by atoms with Gasteiger partial charge in [0.15, 0.2) is 0 Å². The van der Waals surface area contributed by atoms with Gasteiger partial charge in [0.2, 0.25) is 5.91 Å². The third kappa shape index (κ3) is 2.29. The topological polar surface area (TPSA) is 66.6 Å². The van der Waals surface area contributed by atoms with Gasteiger partial charge in [0, 0.05) is 25.4 Å². The maximum Gasteiger partial charge on any atom is 0.233 e. The fraction of sp³-hybridized carbons (Fsp3) is 0.562. The number of hydrogen-bond donors (Lipinski definition) is 2. The molecule has 2 aliphatic rings. The van der Waals surface area contributed by atoms with Crippen molar-refractivity contribution in [1.29, 1.82) is 0 Å². The summed E-state index contributed by atoms with van der Waals surface area (Å²) < 4.78 is 0. The molecule has 0 radical (unpaired) electrons. The molecule has 20 heavy (non-hydrogen) atoms. The fourth-order valence-corrected chi connectivity index (χ4v) is 3.29. The molecule has 1 amide bonds. The minimum absolute atomic E-state index is 0.218. The third-order valence-electron chi connectivity index (χ3n) is 4.73. The average molecular weight is 274 g/mol. The first-order chi connectivity index (χ1) is 9.65. The molecule has 1 aliphatic carbocycles. The van der Waals surface area contributed by atoms with Crippen molar-refractivity contribution < 1.29 is 9.90 Å². The number of aliphatic hydroxyl groups is 1. The highest BCUT2D eigenvalue weighted by molar-refractivity contribution is 5.91. The Hall–Kier alpha value is -1.55. The van der Waals surface area contributed by atoms with Gasteiger partial charge < -0.3 is 15.7 Å². The van der Waals surface area contributed by atoms with Crippen molar-refractivity contribution in [3.63, 3.8) is 0 Å². The summed E-state index contributed by atoms with van der Waals surface area (Å²) in [6.45, 7) is 1.85. The van der Waals surface area contributed by atoms with E-state index in [1.807, 2.05) is 29.2 Å². The number of benzene rings is 1. The van der Waals surface area contributed by atoms with Crippen molar-refractivity contribution in [3.05, 3.63) is 29.8 Å². The van der Waals surface area contributed by atoms with Crippen LogP contribution in [0.1, 0.15) is 31.2 Å². The number of likely N-dealkylation sites (tertiary alicyclic amines) is 1. The van der Waals surface area contributed by atoms with Crippen molar-refractivity contribution in [2.45, 2.75) is 31.1 Å². The Morgan fingerprint density at radius 3 is 2.65 bits per heavy atom. The zero-order valence-electron chi connectivity index (χ0n) is 11.7. The molecule has 2 fully saturated rings. The number of carbonyl (C=O) groups excluding carboxylic acids is 1. The zero-order chi connectivity index (χ0) is 14.2. The van der Waals surface area contributed by atoms with E-state index in [0.717, 1.165) is 50.0 Å². The number of aliphatic hydroxyl groups excluding tert-OH is 1. The minimum Gasteiger partial charge on any atom is -0.399 e. The predicted octanol–water partition coefficient (Wildman–Crippen LogP) is 1.53. The van der Waals surface area contributed by atoms with Gasteiger partial charge in [-0.05, 0) is 49.3 Å². The lowest BCUT2D eigenvalue weighted by Gasteiger charge is -2.23. The quantitative estimate of drug-likeness (QED) is 0.818. The Morgan fingerprint density at radius 2 is 2.05 bits per heavy atom. The van der Waals surface area contributed by atoms with Gasteiger partial charge in [0.25, 0.3) is 0 Å². The predicted molar refractivity (Wildman–Crippen MR) is 78.2 cm³/mol. The smallest absolute Gasteiger partial charge is 0.233 e. The van der Waals surface area contributed by atoms with Gasteiger partial charge in [0.1, 0.15) is 0 Å². The lowest BCUT2D eigenvalue weighted by atomic mass is 9.94. The number of nitrogens with two attached hydrogens (primary N) is 1. The van der Waals surface area contributed by atoms with E-state index in [-0.39, 0.29) is 17.9 Å². The zero-order valence-corrected chi connectivity index (χ0v) is 11.7. The number of carbonyl (C=O) groups is 1. The molecular weight excluding hydrogens is 252 g/mol. The van der Waals surface area contributed by atoms with Gasteiger partial charge >= 0.3 is 0 Å². The van der Waals surface area contributed by atoms with E-state index in [2.05, 4.69) is 0 Å². The van der Waals surface area contributed by atoms with E-state index in [0.29, 0.717) is 5.92 Å². The molecular formula is C16H22N2O2. The molecule has 1 unspecified atom stereocenters. The van der Waals surface area contributed by atoms with Crippen LogP contribution in [0.2, 0.25) is 0 Å². The van der Waals surface area contributed by atoms with E-state index >= 15 is 0 Å². The number of hydrogen-bond acceptors (Lipinski definition) is 3. The summed E-state index contributed by atoms with van der Waals surface area (Å²) in [7, 11) is 0. The summed E-state index contributed by atoms with van der Waals surface area (Å²) in [5.41, 5.74) is 7.27. The molecule has 3 N–H and O–H groups in total. The van der Waals surface area contributed by atoms with Crippen molar-refractivity contribution >= 4 is 11.6 Å². The molecule has 108 valence electrons. The fourth-order valence-electron chi connectivity index (χ4n) is 3.29. The van der Waals surface area contributed by atoms with Crippen LogP contribution < -0.4 is 5.73 Å². The molecule has 1 atom stereocenters. The van der Waals surface area contributed by atoms with Crippen LogP contribution in [0.5, 0.6) is 0 Å². The van der Waals surface area contributed by atoms with Crippen LogP contribution in [0, 0.1) is 5.92 Å². The number of nitrogen functional groups attached to an aromatic ring is 1. The molecule has 1 saturated carbocycles. The SMILES string of the molecule is Nc1ccc(C2(C(=O)N3CCC(CCO)C3)CC2)cc1. The van der Waals surface area contributed by atoms with E-state index in [1.165, 1.54) is 0 Å². The molecule has 1 aromatic rings. The molecule has 1 aliphatic heterocycles. The normalized spacial score (nSPS) is 23.9. The summed E-state index contributed by atoms with van der Waals surface area (Å²) >= 11 is 0. The van der Waals surface area contributed by atoms with Crippen molar-refractivity contribution in [2.75, 3.05) is 25.4 Å². The average Bonchev–Trinajstić information content (AvgIpc) is 3.13. The highest BCUT2D eigenvalue weighted by Gasteiger charge is 2.53. The first-order valence-electron chi connectivity index (χ1n) is 7.42. The molecule has 0 spiro atoms. The summed E-state index contributed by atoms with van der Waals surface area (Å²) in [6.07, 6.45) is 3.70. The van der Waals surface area contributed by atoms with E-state index < -0.39 is 0 Å². The number of rotatable bonds is 4. The molecule has 4 nitrogen and oxygen atoms in total. The first kappa shape index (κ1) is 13.4. The second-order valence-electron chi connectivity index (χ2n) is 6.12. The molecule has 0 aromatic heterocycles. The van der Waals surface area contributed by atoms with Crippen LogP contribution in [-0.2, 0) is 10.2 Å². The standard InChI is InChI=1S/C16H22N2O2/c17-14-3-1-13(2-4-14)16(7-8-16)15(20)18-9-5-12(11-18)6-10-19/h1-4,12,19H,5-11,17H2. The lowest BCUT2D eigenvalue weighted by molar-refractivity contribution is -0.133. The highest BCUT2D eigenvalue weighted by atomic mass is 16.3. The molecule has 0 bridgehead atoms. The first-order valence-corrected chi connectivity index (χ1v) is 7.42. The van der Waals surface area contributed by atoms with Gasteiger partial charge in [-0.15, -0.1) is 0 Å². The second-order valence-corrected chi connectivity index (χ2v) is 6.12. The molecule has 4 heteroatoms. The van der Waals surface area contributed by atoms with E-state index in [1.54, 1.807) is 0 Å². The number of nitrogens with zero attached hydrogens (tertiary/aromatic N) is 1. The van der Waals surface area contributed by atoms with Crippen LogP contribution in [0.3, 0.4) is 0 Å². The maximum atomic E-state index is 12.8. The van der Waals surface area contributed by atoms with Crippen molar-refractivity contribution in [2.24, 2.45) is 5.92 Å². The van der Waals surface area contributed by atoms with Crippen molar-refractivity contribution in [1.82, 2.24) is 4.90 Å². The van der Waals surface area contributed by atoms with E-state index in [9.17, 15) is 4.79 Å². The minimum atomic E-state index is -0.290. The lowest BCUT2D eigenvalue weighted by Crippen LogP contribution is -2.37. The van der Waals surface area contributed by atoms with Crippen LogP contribution in [0.4, 0.5) is 5.69 Å². The molecule has 1 aromatic carbocycles. The van der Waals surface area contributed by atoms with Gasteiger partial charge in [-0.3, -0.25) is 4.79 Å². The largest absolute Gasteiger partial charge is 0.399 e. The summed E-state index contributed by atoms with van der Waals surface area (Å²) in [4.78, 5) is 14.8. The third-order valence-corrected chi connectivity index (χ3v) is 4.73. The van der Waals surface area contributed by atoms with Gasteiger partial charge in [-0.1, -0.05) is 12.1 Å².